The van der Waals surface area contributed by atoms with Crippen LogP contribution in [-0.2, 0) is 6.54 Å². The van der Waals surface area contributed by atoms with Crippen molar-refractivity contribution in [3.05, 3.63) is 16.1 Å². The fourth-order valence-electron chi connectivity index (χ4n) is 0.999. The largest absolute Gasteiger partial charge is 0.395 e. The van der Waals surface area contributed by atoms with Crippen LogP contribution in [0.1, 0.15) is 36.6 Å². The first-order valence-corrected chi connectivity index (χ1v) is 5.74. The van der Waals surface area contributed by atoms with Crippen LogP contribution in [0.5, 0.6) is 0 Å². The van der Waals surface area contributed by atoms with Crippen molar-refractivity contribution in [1.29, 1.82) is 0 Å². The van der Waals surface area contributed by atoms with Gasteiger partial charge in [0.25, 0.3) is 0 Å². The maximum atomic E-state index is 8.83. The number of nitrogens with one attached hydrogen (secondary N) is 1. The van der Waals surface area contributed by atoms with Gasteiger partial charge >= 0.3 is 0 Å². The second-order valence-corrected chi connectivity index (χ2v) is 4.92. The Balaban J connectivity index is 2.44. The van der Waals surface area contributed by atoms with Crippen molar-refractivity contribution in [2.45, 2.75) is 39.3 Å². The fraction of sp³-hybridized carbons (Fsp3) is 0.700. The number of rotatable bonds is 5. The fourth-order valence-corrected chi connectivity index (χ4v) is 1.87. The molecule has 1 atom stereocenters. The highest BCUT2D eigenvalue weighted by molar-refractivity contribution is 7.11. The highest BCUT2D eigenvalue weighted by Crippen LogP contribution is 2.21. The Morgan fingerprint density at radius 1 is 1.50 bits per heavy atom. The summed E-state index contributed by atoms with van der Waals surface area (Å²) in [5.74, 6) is 0.552. The lowest BCUT2D eigenvalue weighted by Crippen LogP contribution is -2.28. The molecule has 2 N–H and O–H groups in total. The zero-order chi connectivity index (χ0) is 10.6. The zero-order valence-electron chi connectivity index (χ0n) is 8.95. The number of aliphatic hydroxyl groups excluding tert-OH is 1. The molecule has 0 aliphatic rings. The Hall–Kier alpha value is -0.450. The van der Waals surface area contributed by atoms with E-state index >= 15 is 0 Å². The molecule has 0 aliphatic carbocycles. The van der Waals surface area contributed by atoms with Crippen LogP contribution >= 0.6 is 11.3 Å². The number of nitrogens with zero attached hydrogens (tertiary/aromatic N) is 1. The van der Waals surface area contributed by atoms with Crippen LogP contribution in [0.4, 0.5) is 0 Å². The van der Waals surface area contributed by atoms with Crippen molar-refractivity contribution in [2.24, 2.45) is 0 Å². The van der Waals surface area contributed by atoms with Gasteiger partial charge in [-0.1, -0.05) is 13.8 Å². The molecule has 1 aromatic rings. The van der Waals surface area contributed by atoms with Crippen LogP contribution in [0.15, 0.2) is 6.20 Å². The van der Waals surface area contributed by atoms with Gasteiger partial charge in [0.1, 0.15) is 5.01 Å². The molecule has 4 heteroatoms. The topological polar surface area (TPSA) is 45.1 Å². The number of aliphatic hydroxyl groups is 1. The van der Waals surface area contributed by atoms with E-state index in [0.717, 1.165) is 11.6 Å². The molecule has 1 aromatic heterocycles. The van der Waals surface area contributed by atoms with Crippen molar-refractivity contribution in [2.75, 3.05) is 6.61 Å². The quantitative estimate of drug-likeness (QED) is 0.784. The lowest BCUT2D eigenvalue weighted by Gasteiger charge is -2.07. The average Bonchev–Trinajstić information content (AvgIpc) is 2.62. The van der Waals surface area contributed by atoms with Crippen molar-refractivity contribution in [3.63, 3.8) is 0 Å². The minimum atomic E-state index is 0.140. The highest BCUT2D eigenvalue weighted by Gasteiger charge is 2.06. The monoisotopic (exact) mass is 214 g/mol. The predicted octanol–water partition coefficient (Wildman–Crippen LogP) is 1.74. The van der Waals surface area contributed by atoms with E-state index in [1.807, 2.05) is 13.1 Å². The Kier molecular flexibility index (Phi) is 4.51. The predicted molar refractivity (Wildman–Crippen MR) is 59.6 cm³/mol. The van der Waals surface area contributed by atoms with E-state index in [1.54, 1.807) is 11.3 Å². The van der Waals surface area contributed by atoms with E-state index in [0.29, 0.717) is 5.92 Å². The summed E-state index contributed by atoms with van der Waals surface area (Å²) in [5, 5.41) is 13.1. The first kappa shape index (κ1) is 11.6. The van der Waals surface area contributed by atoms with Crippen LogP contribution in [0, 0.1) is 0 Å². The van der Waals surface area contributed by atoms with Gasteiger partial charge in [0, 0.05) is 23.7 Å². The summed E-state index contributed by atoms with van der Waals surface area (Å²) < 4.78 is 0. The third-order valence-electron chi connectivity index (χ3n) is 2.02. The molecule has 80 valence electrons. The van der Waals surface area contributed by atoms with Gasteiger partial charge in [-0.05, 0) is 12.8 Å². The van der Waals surface area contributed by atoms with Crippen molar-refractivity contribution in [1.82, 2.24) is 10.3 Å². The number of thiazole rings is 1. The Morgan fingerprint density at radius 2 is 2.21 bits per heavy atom. The third kappa shape index (κ3) is 3.36. The summed E-state index contributed by atoms with van der Waals surface area (Å²) in [6.07, 6.45) is 1.94. The molecule has 0 spiro atoms. The first-order valence-electron chi connectivity index (χ1n) is 4.92. The van der Waals surface area contributed by atoms with Crippen molar-refractivity contribution in [3.8, 4) is 0 Å². The standard InChI is InChI=1S/C10H18N2OS/c1-7(2)9-4-12-10(14-9)5-11-8(3)6-13/h4,7-8,11,13H,5-6H2,1-3H3. The minimum Gasteiger partial charge on any atom is -0.395 e. The van der Waals surface area contributed by atoms with E-state index < -0.39 is 0 Å². The molecule has 0 saturated heterocycles. The van der Waals surface area contributed by atoms with Crippen molar-refractivity contribution >= 4 is 11.3 Å². The molecule has 0 radical (unpaired) electrons. The normalized spacial score (nSPS) is 13.5. The number of aromatic nitrogens is 1. The molecule has 1 heterocycles. The van der Waals surface area contributed by atoms with Crippen LogP contribution in [0.2, 0.25) is 0 Å². The average molecular weight is 214 g/mol. The van der Waals surface area contributed by atoms with Crippen LogP contribution < -0.4 is 5.32 Å². The minimum absolute atomic E-state index is 0.140. The maximum absolute atomic E-state index is 8.83. The molecule has 0 fully saturated rings. The third-order valence-corrected chi connectivity index (χ3v) is 3.31. The second kappa shape index (κ2) is 5.44. The Bertz CT molecular complexity index is 273. The summed E-state index contributed by atoms with van der Waals surface area (Å²) in [4.78, 5) is 5.64. The Labute approximate surface area is 89.2 Å². The molecule has 1 unspecified atom stereocenters. The molecular formula is C10H18N2OS. The maximum Gasteiger partial charge on any atom is 0.107 e. The van der Waals surface area contributed by atoms with Crippen molar-refractivity contribution < 1.29 is 5.11 Å². The van der Waals surface area contributed by atoms with Gasteiger partial charge in [0.2, 0.25) is 0 Å². The van der Waals surface area contributed by atoms with Gasteiger partial charge in [-0.25, -0.2) is 4.98 Å². The molecule has 0 aromatic carbocycles. The van der Waals surface area contributed by atoms with Gasteiger partial charge in [0.05, 0.1) is 6.61 Å². The van der Waals surface area contributed by atoms with E-state index in [9.17, 15) is 0 Å². The molecule has 3 nitrogen and oxygen atoms in total. The smallest absolute Gasteiger partial charge is 0.107 e. The molecular weight excluding hydrogens is 196 g/mol. The lowest BCUT2D eigenvalue weighted by molar-refractivity contribution is 0.251. The van der Waals surface area contributed by atoms with Crippen LogP contribution in [-0.4, -0.2) is 22.7 Å². The molecule has 1 rings (SSSR count). The van der Waals surface area contributed by atoms with E-state index in [2.05, 4.69) is 24.1 Å². The number of hydrogen-bond acceptors (Lipinski definition) is 4. The van der Waals surface area contributed by atoms with Gasteiger partial charge in [-0.3, -0.25) is 0 Å². The second-order valence-electron chi connectivity index (χ2n) is 3.78. The van der Waals surface area contributed by atoms with Crippen LogP contribution in [0.25, 0.3) is 0 Å². The van der Waals surface area contributed by atoms with E-state index in [1.165, 1.54) is 4.88 Å². The van der Waals surface area contributed by atoms with Crippen LogP contribution in [0.3, 0.4) is 0 Å². The summed E-state index contributed by atoms with van der Waals surface area (Å²) in [5.41, 5.74) is 0. The first-order chi connectivity index (χ1) is 6.63. The van der Waals surface area contributed by atoms with Gasteiger partial charge < -0.3 is 10.4 Å². The Morgan fingerprint density at radius 3 is 2.71 bits per heavy atom. The lowest BCUT2D eigenvalue weighted by atomic mass is 10.2. The summed E-state index contributed by atoms with van der Waals surface area (Å²) in [6.45, 7) is 7.21. The summed E-state index contributed by atoms with van der Waals surface area (Å²) >= 11 is 1.74. The van der Waals surface area contributed by atoms with Gasteiger partial charge in [-0.15, -0.1) is 11.3 Å². The molecule has 0 saturated carbocycles. The number of hydrogen-bond donors (Lipinski definition) is 2. The summed E-state index contributed by atoms with van der Waals surface area (Å²) in [6, 6.07) is 0.140. The molecule has 0 aliphatic heterocycles. The van der Waals surface area contributed by atoms with E-state index in [-0.39, 0.29) is 12.6 Å². The zero-order valence-corrected chi connectivity index (χ0v) is 9.77. The SMILES string of the molecule is CC(CO)NCc1ncc(C(C)C)s1. The molecule has 0 bridgehead atoms. The van der Waals surface area contributed by atoms with Gasteiger partial charge in [0.15, 0.2) is 0 Å². The van der Waals surface area contributed by atoms with E-state index in [4.69, 9.17) is 5.11 Å². The molecule has 0 amide bonds. The highest BCUT2D eigenvalue weighted by atomic mass is 32.1. The molecule has 14 heavy (non-hydrogen) atoms. The summed E-state index contributed by atoms with van der Waals surface area (Å²) in [7, 11) is 0. The van der Waals surface area contributed by atoms with Gasteiger partial charge in [-0.2, -0.15) is 0 Å².